The number of rotatable bonds is 6. The predicted molar refractivity (Wildman–Crippen MR) is 93.4 cm³/mol. The van der Waals surface area contributed by atoms with Crippen LogP contribution in [-0.4, -0.2) is 34.7 Å². The van der Waals surface area contributed by atoms with Crippen molar-refractivity contribution in [1.29, 1.82) is 0 Å². The first kappa shape index (κ1) is 18.9. The molecule has 0 atom stereocenters. The Morgan fingerprint density at radius 2 is 1.80 bits per heavy atom. The van der Waals surface area contributed by atoms with Gasteiger partial charge >= 0.3 is 0 Å². The highest BCUT2D eigenvalue weighted by Gasteiger charge is 2.21. The maximum Gasteiger partial charge on any atom is 0.256 e. The van der Waals surface area contributed by atoms with Gasteiger partial charge in [0.2, 0.25) is 5.91 Å². The molecule has 0 saturated heterocycles. The van der Waals surface area contributed by atoms with Crippen molar-refractivity contribution in [2.24, 2.45) is 5.92 Å². The molecule has 0 aliphatic heterocycles. The van der Waals surface area contributed by atoms with Gasteiger partial charge in [-0.2, -0.15) is 5.10 Å². The number of carbonyl (C=O) groups excluding carboxylic acids is 2. The van der Waals surface area contributed by atoms with Gasteiger partial charge in [0.15, 0.2) is 0 Å². The lowest BCUT2D eigenvalue weighted by molar-refractivity contribution is -0.123. The minimum absolute atomic E-state index is 0.0763. The lowest BCUT2D eigenvalue weighted by Crippen LogP contribution is -2.36. The summed E-state index contributed by atoms with van der Waals surface area (Å²) in [6.07, 6.45) is 0. The fourth-order valence-electron chi connectivity index (χ4n) is 2.16. The summed E-state index contributed by atoms with van der Waals surface area (Å²) in [6, 6.07) is 5.63. The van der Waals surface area contributed by atoms with Gasteiger partial charge in [0, 0.05) is 19.0 Å². The van der Waals surface area contributed by atoms with E-state index in [-0.39, 0.29) is 40.8 Å². The number of nitrogens with one attached hydrogen (secondary N) is 2. The number of hydrogen-bond acceptors (Lipinski definition) is 3. The van der Waals surface area contributed by atoms with E-state index in [1.54, 1.807) is 20.8 Å². The van der Waals surface area contributed by atoms with Gasteiger partial charge in [0.1, 0.15) is 11.0 Å². The molecule has 0 bridgehead atoms. The Bertz CT molecular complexity index is 772. The Morgan fingerprint density at radius 1 is 1.20 bits per heavy atom. The predicted octanol–water partition coefficient (Wildman–Crippen LogP) is 2.48. The fraction of sp³-hybridized carbons (Fsp3) is 0.353. The molecule has 0 aliphatic rings. The molecule has 1 aromatic heterocycles. The van der Waals surface area contributed by atoms with Crippen molar-refractivity contribution < 1.29 is 14.0 Å². The zero-order chi connectivity index (χ0) is 18.6. The zero-order valence-corrected chi connectivity index (χ0v) is 15.0. The molecule has 0 radical (unpaired) electrons. The zero-order valence-electron chi connectivity index (χ0n) is 14.3. The Morgan fingerprint density at radius 3 is 2.40 bits per heavy atom. The first-order valence-electron chi connectivity index (χ1n) is 7.88. The summed E-state index contributed by atoms with van der Waals surface area (Å²) in [5, 5.41) is 9.80. The van der Waals surface area contributed by atoms with Crippen molar-refractivity contribution in [2.75, 3.05) is 13.1 Å². The second-order valence-corrected chi connectivity index (χ2v) is 6.20. The largest absolute Gasteiger partial charge is 0.354 e. The summed E-state index contributed by atoms with van der Waals surface area (Å²) in [4.78, 5) is 23.8. The van der Waals surface area contributed by atoms with E-state index in [1.807, 2.05) is 0 Å². The van der Waals surface area contributed by atoms with Crippen LogP contribution in [0.1, 0.15) is 29.9 Å². The first-order valence-corrected chi connectivity index (χ1v) is 8.26. The molecule has 8 heteroatoms. The number of nitrogens with zero attached hydrogens (tertiary/aromatic N) is 2. The van der Waals surface area contributed by atoms with E-state index in [4.69, 9.17) is 11.6 Å². The summed E-state index contributed by atoms with van der Waals surface area (Å²) >= 11 is 6.28. The maximum atomic E-state index is 13.0. The standard InChI is InChI=1S/C17H20ClFN4O2/c1-10(2)16(24)20-8-9-21-17(25)14-11(3)22-23(15(14)18)13-6-4-12(19)5-7-13/h4-7,10H,8-9H2,1-3H3,(H,20,24)(H,21,25). The molecule has 6 nitrogen and oxygen atoms in total. The molecule has 0 spiro atoms. The number of aromatic nitrogens is 2. The highest BCUT2D eigenvalue weighted by atomic mass is 35.5. The number of amides is 2. The molecule has 0 saturated carbocycles. The smallest absolute Gasteiger partial charge is 0.256 e. The number of hydrogen-bond donors (Lipinski definition) is 2. The Labute approximate surface area is 150 Å². The molecule has 2 aromatic rings. The molecule has 134 valence electrons. The van der Waals surface area contributed by atoms with E-state index in [0.29, 0.717) is 17.9 Å². The van der Waals surface area contributed by atoms with Gasteiger partial charge in [0.25, 0.3) is 5.91 Å². The highest BCUT2D eigenvalue weighted by Crippen LogP contribution is 2.23. The second kappa shape index (κ2) is 8.11. The minimum Gasteiger partial charge on any atom is -0.354 e. The molecule has 0 fully saturated rings. The summed E-state index contributed by atoms with van der Waals surface area (Å²) in [7, 11) is 0. The molecular weight excluding hydrogens is 347 g/mol. The van der Waals surface area contributed by atoms with Crippen LogP contribution >= 0.6 is 11.6 Å². The maximum absolute atomic E-state index is 13.0. The van der Waals surface area contributed by atoms with Gasteiger partial charge < -0.3 is 10.6 Å². The van der Waals surface area contributed by atoms with Crippen LogP contribution in [0.2, 0.25) is 5.15 Å². The van der Waals surface area contributed by atoms with Crippen LogP contribution in [0.15, 0.2) is 24.3 Å². The van der Waals surface area contributed by atoms with Gasteiger partial charge in [0.05, 0.1) is 16.9 Å². The van der Waals surface area contributed by atoms with Crippen LogP contribution in [0.4, 0.5) is 4.39 Å². The van der Waals surface area contributed by atoms with Gasteiger partial charge in [-0.3, -0.25) is 9.59 Å². The molecule has 0 unspecified atom stereocenters. The molecule has 0 aliphatic carbocycles. The number of aryl methyl sites for hydroxylation is 1. The van der Waals surface area contributed by atoms with Crippen LogP contribution in [0.3, 0.4) is 0 Å². The number of carbonyl (C=O) groups is 2. The highest BCUT2D eigenvalue weighted by molar-refractivity contribution is 6.33. The molecule has 2 amide bonds. The lowest BCUT2D eigenvalue weighted by Gasteiger charge is -2.09. The van der Waals surface area contributed by atoms with Crippen LogP contribution in [0.5, 0.6) is 0 Å². The molecular formula is C17H20ClFN4O2. The van der Waals surface area contributed by atoms with Gasteiger partial charge in [-0.05, 0) is 31.2 Å². The summed E-state index contributed by atoms with van der Waals surface area (Å²) < 4.78 is 14.4. The Hall–Kier alpha value is -2.41. The van der Waals surface area contributed by atoms with Gasteiger partial charge in [-0.25, -0.2) is 9.07 Å². The van der Waals surface area contributed by atoms with Crippen molar-refractivity contribution in [3.63, 3.8) is 0 Å². The van der Waals surface area contributed by atoms with Crippen molar-refractivity contribution in [2.45, 2.75) is 20.8 Å². The third-order valence-corrected chi connectivity index (χ3v) is 3.89. The summed E-state index contributed by atoms with van der Waals surface area (Å²) in [5.74, 6) is -0.936. The summed E-state index contributed by atoms with van der Waals surface area (Å²) in [6.45, 7) is 5.85. The second-order valence-electron chi connectivity index (χ2n) is 5.84. The van der Waals surface area contributed by atoms with Gasteiger partial charge in [-0.1, -0.05) is 25.4 Å². The van der Waals surface area contributed by atoms with E-state index in [0.717, 1.165) is 0 Å². The molecule has 1 aromatic carbocycles. The normalized spacial score (nSPS) is 10.8. The molecule has 2 N–H and O–H groups in total. The molecule has 2 rings (SSSR count). The van der Waals surface area contributed by atoms with Crippen LogP contribution in [-0.2, 0) is 4.79 Å². The van der Waals surface area contributed by atoms with Crippen molar-refractivity contribution in [3.05, 3.63) is 46.5 Å². The monoisotopic (exact) mass is 366 g/mol. The third-order valence-electron chi connectivity index (χ3n) is 3.54. The van der Waals surface area contributed by atoms with Gasteiger partial charge in [-0.15, -0.1) is 0 Å². The van der Waals surface area contributed by atoms with E-state index >= 15 is 0 Å². The molecule has 25 heavy (non-hydrogen) atoms. The van der Waals surface area contributed by atoms with Crippen LogP contribution < -0.4 is 10.6 Å². The van der Waals surface area contributed by atoms with Crippen LogP contribution in [0, 0.1) is 18.7 Å². The SMILES string of the molecule is Cc1nn(-c2ccc(F)cc2)c(Cl)c1C(=O)NCCNC(=O)C(C)C. The van der Waals surface area contributed by atoms with Crippen molar-refractivity contribution in [3.8, 4) is 5.69 Å². The lowest BCUT2D eigenvalue weighted by atomic mass is 10.2. The minimum atomic E-state index is -0.380. The van der Waals surface area contributed by atoms with Crippen LogP contribution in [0.25, 0.3) is 5.69 Å². The van der Waals surface area contributed by atoms with Crippen molar-refractivity contribution in [1.82, 2.24) is 20.4 Å². The average molecular weight is 367 g/mol. The Kier molecular flexibility index (Phi) is 6.14. The average Bonchev–Trinajstić information content (AvgIpc) is 2.86. The topological polar surface area (TPSA) is 76.0 Å². The van der Waals surface area contributed by atoms with E-state index in [2.05, 4.69) is 15.7 Å². The molecule has 1 heterocycles. The number of halogens is 2. The van der Waals surface area contributed by atoms with E-state index in [1.165, 1.54) is 28.9 Å². The quantitative estimate of drug-likeness (QED) is 0.771. The summed E-state index contributed by atoms with van der Waals surface area (Å²) in [5.41, 5.74) is 1.26. The Balaban J connectivity index is 2.05. The van der Waals surface area contributed by atoms with E-state index in [9.17, 15) is 14.0 Å². The number of benzene rings is 1. The van der Waals surface area contributed by atoms with Crippen molar-refractivity contribution >= 4 is 23.4 Å². The fourth-order valence-corrected chi connectivity index (χ4v) is 2.52. The van der Waals surface area contributed by atoms with E-state index < -0.39 is 0 Å². The third kappa shape index (κ3) is 4.57. The first-order chi connectivity index (χ1) is 11.8.